The predicted molar refractivity (Wildman–Crippen MR) is 73.5 cm³/mol. The van der Waals surface area contributed by atoms with Crippen LogP contribution < -0.4 is 10.1 Å². The highest BCUT2D eigenvalue weighted by Crippen LogP contribution is 2.21. The summed E-state index contributed by atoms with van der Waals surface area (Å²) in [4.78, 5) is 14.4. The van der Waals surface area contributed by atoms with Crippen LogP contribution in [0.5, 0.6) is 5.75 Å². The fourth-order valence-electron chi connectivity index (χ4n) is 2.14. The highest BCUT2D eigenvalue weighted by Gasteiger charge is 2.38. The van der Waals surface area contributed by atoms with Crippen LogP contribution in [0, 0.1) is 0 Å². The van der Waals surface area contributed by atoms with Crippen molar-refractivity contribution in [2.75, 3.05) is 39.2 Å². The van der Waals surface area contributed by atoms with Crippen LogP contribution in [0.2, 0.25) is 0 Å². The van der Waals surface area contributed by atoms with Gasteiger partial charge in [-0.1, -0.05) is 0 Å². The number of anilines is 1. The standard InChI is InChI=1S/C14H20N2O3/c1-14(10-16(2)8-9-19-14)13(17)15-11-4-6-12(18-3)7-5-11/h4-7H,8-10H2,1-3H3,(H,15,17)/t14-/m0/s1. The third kappa shape index (κ3) is 3.24. The Morgan fingerprint density at radius 2 is 2.11 bits per heavy atom. The number of benzene rings is 1. The first kappa shape index (κ1) is 13.8. The van der Waals surface area contributed by atoms with E-state index in [0.29, 0.717) is 13.2 Å². The van der Waals surface area contributed by atoms with Crippen LogP contribution in [0.25, 0.3) is 0 Å². The summed E-state index contributed by atoms with van der Waals surface area (Å²) in [6, 6.07) is 7.25. The van der Waals surface area contributed by atoms with Crippen LogP contribution >= 0.6 is 0 Å². The van der Waals surface area contributed by atoms with Gasteiger partial charge in [-0.15, -0.1) is 0 Å². The number of nitrogens with zero attached hydrogens (tertiary/aromatic N) is 1. The Bertz CT molecular complexity index is 447. The number of morpholine rings is 1. The van der Waals surface area contributed by atoms with Gasteiger partial charge in [0.05, 0.1) is 13.7 Å². The summed E-state index contributed by atoms with van der Waals surface area (Å²) in [6.45, 7) is 3.84. The van der Waals surface area contributed by atoms with Crippen LogP contribution in [0.1, 0.15) is 6.92 Å². The lowest BCUT2D eigenvalue weighted by Gasteiger charge is -2.37. The molecule has 0 bridgehead atoms. The van der Waals surface area contributed by atoms with Crippen LogP contribution in [-0.2, 0) is 9.53 Å². The van der Waals surface area contributed by atoms with E-state index in [9.17, 15) is 4.79 Å². The van der Waals surface area contributed by atoms with Gasteiger partial charge in [-0.25, -0.2) is 0 Å². The van der Waals surface area contributed by atoms with E-state index in [4.69, 9.17) is 9.47 Å². The van der Waals surface area contributed by atoms with Crippen molar-refractivity contribution in [2.45, 2.75) is 12.5 Å². The molecular weight excluding hydrogens is 244 g/mol. The van der Waals surface area contributed by atoms with Crippen molar-refractivity contribution in [2.24, 2.45) is 0 Å². The van der Waals surface area contributed by atoms with Crippen LogP contribution in [0.4, 0.5) is 5.69 Å². The van der Waals surface area contributed by atoms with E-state index < -0.39 is 5.60 Å². The molecular formula is C14H20N2O3. The van der Waals surface area contributed by atoms with Gasteiger partial charge in [0.25, 0.3) is 5.91 Å². The monoisotopic (exact) mass is 264 g/mol. The number of hydrogen-bond acceptors (Lipinski definition) is 4. The van der Waals surface area contributed by atoms with E-state index in [2.05, 4.69) is 10.2 Å². The highest BCUT2D eigenvalue weighted by molar-refractivity contribution is 5.97. The summed E-state index contributed by atoms with van der Waals surface area (Å²) in [5, 5.41) is 2.88. The third-order valence-corrected chi connectivity index (χ3v) is 3.29. The number of hydrogen-bond donors (Lipinski definition) is 1. The summed E-state index contributed by atoms with van der Waals surface area (Å²) in [5.74, 6) is 0.641. The molecule has 5 heteroatoms. The maximum atomic E-state index is 12.3. The van der Waals surface area contributed by atoms with Gasteiger partial charge in [0.1, 0.15) is 5.75 Å². The van der Waals surface area contributed by atoms with E-state index in [1.807, 2.05) is 38.2 Å². The van der Waals surface area contributed by atoms with Crippen molar-refractivity contribution in [1.82, 2.24) is 4.90 Å². The van der Waals surface area contributed by atoms with Crippen molar-refractivity contribution in [3.63, 3.8) is 0 Å². The summed E-state index contributed by atoms with van der Waals surface area (Å²) in [7, 11) is 3.60. The number of carbonyl (C=O) groups excluding carboxylic acids is 1. The van der Waals surface area contributed by atoms with Gasteiger partial charge in [-0.3, -0.25) is 4.79 Å². The van der Waals surface area contributed by atoms with E-state index in [1.165, 1.54) is 0 Å². The Morgan fingerprint density at radius 1 is 1.42 bits per heavy atom. The minimum absolute atomic E-state index is 0.121. The number of nitrogens with one attached hydrogen (secondary N) is 1. The van der Waals surface area contributed by atoms with Gasteiger partial charge in [-0.2, -0.15) is 0 Å². The lowest BCUT2D eigenvalue weighted by molar-refractivity contribution is -0.149. The SMILES string of the molecule is COc1ccc(NC(=O)[C@]2(C)CN(C)CCO2)cc1. The van der Waals surface area contributed by atoms with Gasteiger partial charge < -0.3 is 19.7 Å². The molecule has 1 atom stereocenters. The quantitative estimate of drug-likeness (QED) is 0.895. The van der Waals surface area contributed by atoms with Gasteiger partial charge in [0, 0.05) is 18.8 Å². The lowest BCUT2D eigenvalue weighted by Crippen LogP contribution is -2.55. The number of ether oxygens (including phenoxy) is 2. The summed E-state index contributed by atoms with van der Waals surface area (Å²) < 4.78 is 10.7. The minimum Gasteiger partial charge on any atom is -0.497 e. The van der Waals surface area contributed by atoms with E-state index in [-0.39, 0.29) is 5.91 Å². The van der Waals surface area contributed by atoms with Crippen molar-refractivity contribution in [3.8, 4) is 5.75 Å². The molecule has 0 aromatic heterocycles. The molecule has 5 nitrogen and oxygen atoms in total. The molecule has 19 heavy (non-hydrogen) atoms. The smallest absolute Gasteiger partial charge is 0.257 e. The maximum Gasteiger partial charge on any atom is 0.257 e. The molecule has 2 rings (SSSR count). The molecule has 0 radical (unpaired) electrons. The molecule has 1 aliphatic rings. The average Bonchev–Trinajstić information content (AvgIpc) is 2.39. The average molecular weight is 264 g/mol. The lowest BCUT2D eigenvalue weighted by atomic mass is 10.0. The summed E-state index contributed by atoms with van der Waals surface area (Å²) in [5.41, 5.74) is -0.0590. The molecule has 0 unspecified atom stereocenters. The van der Waals surface area contributed by atoms with Crippen molar-refractivity contribution in [1.29, 1.82) is 0 Å². The second-order valence-electron chi connectivity index (χ2n) is 5.00. The second kappa shape index (κ2) is 5.59. The van der Waals surface area contributed by atoms with E-state index in [1.54, 1.807) is 7.11 Å². The molecule has 0 spiro atoms. The first-order valence-corrected chi connectivity index (χ1v) is 6.31. The molecule has 1 fully saturated rings. The molecule has 0 saturated carbocycles. The predicted octanol–water partition coefficient (Wildman–Crippen LogP) is 1.35. The highest BCUT2D eigenvalue weighted by atomic mass is 16.5. The van der Waals surface area contributed by atoms with E-state index >= 15 is 0 Å². The van der Waals surface area contributed by atoms with Crippen LogP contribution in [-0.4, -0.2) is 50.3 Å². The molecule has 1 heterocycles. The first-order chi connectivity index (χ1) is 9.03. The van der Waals surface area contributed by atoms with Crippen molar-refractivity contribution in [3.05, 3.63) is 24.3 Å². The molecule has 0 aliphatic carbocycles. The fourth-order valence-corrected chi connectivity index (χ4v) is 2.14. The normalized spacial score (nSPS) is 23.9. The second-order valence-corrected chi connectivity index (χ2v) is 5.00. The van der Waals surface area contributed by atoms with Gasteiger partial charge in [0.2, 0.25) is 0 Å². The van der Waals surface area contributed by atoms with Crippen LogP contribution in [0.15, 0.2) is 24.3 Å². The topological polar surface area (TPSA) is 50.8 Å². The molecule has 1 amide bonds. The van der Waals surface area contributed by atoms with Gasteiger partial charge >= 0.3 is 0 Å². The van der Waals surface area contributed by atoms with Crippen LogP contribution in [0.3, 0.4) is 0 Å². The zero-order valence-corrected chi connectivity index (χ0v) is 11.6. The minimum atomic E-state index is -0.799. The summed E-state index contributed by atoms with van der Waals surface area (Å²) >= 11 is 0. The van der Waals surface area contributed by atoms with Crippen molar-refractivity contribution >= 4 is 11.6 Å². The number of amides is 1. The summed E-state index contributed by atoms with van der Waals surface area (Å²) in [6.07, 6.45) is 0. The molecule has 104 valence electrons. The molecule has 1 N–H and O–H groups in total. The van der Waals surface area contributed by atoms with E-state index in [0.717, 1.165) is 18.0 Å². The zero-order chi connectivity index (χ0) is 13.9. The fraction of sp³-hybridized carbons (Fsp3) is 0.500. The maximum absolute atomic E-state index is 12.3. The molecule has 1 saturated heterocycles. The Morgan fingerprint density at radius 3 is 2.68 bits per heavy atom. The number of likely N-dealkylation sites (N-methyl/N-ethyl adjacent to an activating group) is 1. The number of carbonyl (C=O) groups is 1. The Hall–Kier alpha value is -1.59. The van der Waals surface area contributed by atoms with Gasteiger partial charge in [0.15, 0.2) is 5.60 Å². The van der Waals surface area contributed by atoms with Gasteiger partial charge in [-0.05, 0) is 38.2 Å². The Labute approximate surface area is 113 Å². The molecule has 1 aliphatic heterocycles. The number of methoxy groups -OCH3 is 1. The largest absolute Gasteiger partial charge is 0.497 e. The first-order valence-electron chi connectivity index (χ1n) is 6.31. The van der Waals surface area contributed by atoms with Crippen molar-refractivity contribution < 1.29 is 14.3 Å². The zero-order valence-electron chi connectivity index (χ0n) is 11.6. The Kier molecular flexibility index (Phi) is 4.07. The molecule has 1 aromatic carbocycles. The molecule has 1 aromatic rings. The Balaban J connectivity index is 2.03. The number of rotatable bonds is 3. The third-order valence-electron chi connectivity index (χ3n) is 3.29.